The minimum Gasteiger partial charge on any atom is -0.329 e. The number of rotatable bonds is 5. The minimum atomic E-state index is -0.343. The number of nitrogens with one attached hydrogen (secondary N) is 1. The molecule has 1 atom stereocenters. The maximum atomic E-state index is 12.9. The van der Waals surface area contributed by atoms with E-state index in [9.17, 15) is 4.39 Å². The molecule has 1 aromatic rings. The molecule has 3 N–H and O–H groups in total. The smallest absolute Gasteiger partial charge is 0.124 e. The van der Waals surface area contributed by atoms with Gasteiger partial charge in [-0.3, -0.25) is 0 Å². The molecule has 0 aliphatic carbocycles. The van der Waals surface area contributed by atoms with Crippen LogP contribution in [0.5, 0.6) is 0 Å². The van der Waals surface area contributed by atoms with Gasteiger partial charge in [0.05, 0.1) is 0 Å². The first kappa shape index (κ1) is 13.2. The van der Waals surface area contributed by atoms with Gasteiger partial charge in [-0.25, -0.2) is 4.39 Å². The van der Waals surface area contributed by atoms with Gasteiger partial charge in [0.15, 0.2) is 0 Å². The third-order valence-corrected chi connectivity index (χ3v) is 2.55. The first-order chi connectivity index (χ1) is 7.54. The van der Waals surface area contributed by atoms with Crippen LogP contribution < -0.4 is 11.1 Å². The summed E-state index contributed by atoms with van der Waals surface area (Å²) in [6.07, 6.45) is 0. The van der Waals surface area contributed by atoms with Gasteiger partial charge in [0, 0.05) is 24.2 Å². The van der Waals surface area contributed by atoms with Crippen LogP contribution in [0.4, 0.5) is 4.39 Å². The summed E-state index contributed by atoms with van der Waals surface area (Å²) in [7, 11) is 0. The van der Waals surface area contributed by atoms with Crippen LogP contribution in [-0.2, 0) is 0 Å². The summed E-state index contributed by atoms with van der Waals surface area (Å²) in [6.45, 7) is 6.78. The Kier molecular flexibility index (Phi) is 4.93. The van der Waals surface area contributed by atoms with Crippen molar-refractivity contribution >= 4 is 11.6 Å². The number of nitrogens with two attached hydrogens (primary N) is 1. The van der Waals surface area contributed by atoms with Gasteiger partial charge >= 0.3 is 0 Å². The lowest BCUT2D eigenvalue weighted by Crippen LogP contribution is -2.29. The Hall–Kier alpha value is -0.900. The van der Waals surface area contributed by atoms with Crippen LogP contribution in [0.25, 0.3) is 0 Å². The first-order valence-electron chi connectivity index (χ1n) is 5.07. The van der Waals surface area contributed by atoms with Gasteiger partial charge < -0.3 is 11.1 Å². The molecule has 1 rings (SSSR count). The Bertz CT molecular complexity index is 379. The van der Waals surface area contributed by atoms with Crippen LogP contribution in [0.3, 0.4) is 0 Å². The Labute approximate surface area is 100 Å². The molecule has 0 heterocycles. The SMILES string of the molecule is C=C(C)CNC(CN)c1ccc(F)cc1Cl. The fraction of sp³-hybridized carbons (Fsp3) is 0.333. The largest absolute Gasteiger partial charge is 0.329 e. The molecule has 0 bridgehead atoms. The lowest BCUT2D eigenvalue weighted by atomic mass is 10.1. The molecule has 4 heteroatoms. The van der Waals surface area contributed by atoms with Gasteiger partial charge in [-0.1, -0.05) is 29.8 Å². The third-order valence-electron chi connectivity index (χ3n) is 2.22. The minimum absolute atomic E-state index is 0.0789. The van der Waals surface area contributed by atoms with Crippen LogP contribution in [0.15, 0.2) is 30.4 Å². The van der Waals surface area contributed by atoms with Crippen molar-refractivity contribution < 1.29 is 4.39 Å². The highest BCUT2D eigenvalue weighted by atomic mass is 35.5. The van der Waals surface area contributed by atoms with E-state index >= 15 is 0 Å². The summed E-state index contributed by atoms with van der Waals surface area (Å²) in [5, 5.41) is 3.61. The molecular formula is C12H16ClFN2. The number of benzene rings is 1. The van der Waals surface area contributed by atoms with E-state index in [0.29, 0.717) is 18.1 Å². The van der Waals surface area contributed by atoms with Crippen molar-refractivity contribution in [2.45, 2.75) is 13.0 Å². The number of hydrogen-bond acceptors (Lipinski definition) is 2. The maximum absolute atomic E-state index is 12.9. The fourth-order valence-corrected chi connectivity index (χ4v) is 1.70. The highest BCUT2D eigenvalue weighted by Crippen LogP contribution is 2.23. The Morgan fingerprint density at radius 2 is 2.31 bits per heavy atom. The molecule has 0 saturated heterocycles. The average Bonchev–Trinajstić information content (AvgIpc) is 2.21. The highest BCUT2D eigenvalue weighted by Gasteiger charge is 2.12. The van der Waals surface area contributed by atoms with Crippen molar-refractivity contribution in [3.05, 3.63) is 46.8 Å². The monoisotopic (exact) mass is 242 g/mol. The fourth-order valence-electron chi connectivity index (χ4n) is 1.40. The van der Waals surface area contributed by atoms with Crippen molar-refractivity contribution in [2.75, 3.05) is 13.1 Å². The first-order valence-corrected chi connectivity index (χ1v) is 5.45. The summed E-state index contributed by atoms with van der Waals surface area (Å²) in [5.41, 5.74) is 7.48. The van der Waals surface area contributed by atoms with Crippen LogP contribution in [0, 0.1) is 5.82 Å². The normalized spacial score (nSPS) is 12.5. The zero-order valence-corrected chi connectivity index (χ0v) is 10.0. The highest BCUT2D eigenvalue weighted by molar-refractivity contribution is 6.31. The summed E-state index contributed by atoms with van der Waals surface area (Å²) in [6, 6.07) is 4.25. The molecule has 0 amide bonds. The van der Waals surface area contributed by atoms with E-state index in [1.54, 1.807) is 6.07 Å². The molecule has 0 radical (unpaired) electrons. The van der Waals surface area contributed by atoms with Gasteiger partial charge in [0.2, 0.25) is 0 Å². The van der Waals surface area contributed by atoms with Gasteiger partial charge in [0.1, 0.15) is 5.82 Å². The average molecular weight is 243 g/mol. The van der Waals surface area contributed by atoms with Crippen molar-refractivity contribution in [1.29, 1.82) is 0 Å². The molecule has 0 aliphatic heterocycles. The van der Waals surface area contributed by atoms with Gasteiger partial charge in [-0.05, 0) is 24.6 Å². The van der Waals surface area contributed by atoms with Crippen molar-refractivity contribution in [3.63, 3.8) is 0 Å². The van der Waals surface area contributed by atoms with Crippen LogP contribution in [0.1, 0.15) is 18.5 Å². The van der Waals surface area contributed by atoms with E-state index < -0.39 is 0 Å². The second kappa shape index (κ2) is 5.99. The van der Waals surface area contributed by atoms with Gasteiger partial charge in [-0.15, -0.1) is 0 Å². The van der Waals surface area contributed by atoms with E-state index in [0.717, 1.165) is 11.1 Å². The molecule has 0 spiro atoms. The lowest BCUT2D eigenvalue weighted by molar-refractivity contribution is 0.566. The van der Waals surface area contributed by atoms with E-state index in [4.69, 9.17) is 17.3 Å². The second-order valence-electron chi connectivity index (χ2n) is 3.79. The molecule has 0 aliphatic rings. The molecule has 88 valence electrons. The number of hydrogen-bond donors (Lipinski definition) is 2. The van der Waals surface area contributed by atoms with Gasteiger partial charge in [-0.2, -0.15) is 0 Å². The van der Waals surface area contributed by atoms with Crippen molar-refractivity contribution in [1.82, 2.24) is 5.32 Å². The van der Waals surface area contributed by atoms with E-state index in [-0.39, 0.29) is 11.9 Å². The Morgan fingerprint density at radius 1 is 1.62 bits per heavy atom. The summed E-state index contributed by atoms with van der Waals surface area (Å²) < 4.78 is 12.9. The van der Waals surface area contributed by atoms with Crippen molar-refractivity contribution in [3.8, 4) is 0 Å². The Balaban J connectivity index is 2.82. The predicted molar refractivity (Wildman–Crippen MR) is 66.0 cm³/mol. The van der Waals surface area contributed by atoms with E-state index in [1.807, 2.05) is 6.92 Å². The zero-order chi connectivity index (χ0) is 12.1. The molecule has 0 aromatic heterocycles. The quantitative estimate of drug-likeness (QED) is 0.779. The molecule has 2 nitrogen and oxygen atoms in total. The molecule has 1 unspecified atom stereocenters. The standard InChI is InChI=1S/C12H16ClFN2/c1-8(2)7-16-12(6-15)10-4-3-9(14)5-11(10)13/h3-5,12,16H,1,6-7,15H2,2H3. The van der Waals surface area contributed by atoms with Crippen LogP contribution >= 0.6 is 11.6 Å². The topological polar surface area (TPSA) is 38.0 Å². The molecule has 16 heavy (non-hydrogen) atoms. The second-order valence-corrected chi connectivity index (χ2v) is 4.20. The van der Waals surface area contributed by atoms with E-state index in [1.165, 1.54) is 12.1 Å². The Morgan fingerprint density at radius 3 is 2.81 bits per heavy atom. The van der Waals surface area contributed by atoms with Gasteiger partial charge in [0.25, 0.3) is 0 Å². The zero-order valence-electron chi connectivity index (χ0n) is 9.26. The van der Waals surface area contributed by atoms with Crippen LogP contribution in [0.2, 0.25) is 5.02 Å². The summed E-state index contributed by atoms with van der Waals surface area (Å²) in [5.74, 6) is -0.343. The lowest BCUT2D eigenvalue weighted by Gasteiger charge is -2.18. The third kappa shape index (κ3) is 3.59. The van der Waals surface area contributed by atoms with E-state index in [2.05, 4.69) is 11.9 Å². The molecule has 0 fully saturated rings. The molecular weight excluding hydrogens is 227 g/mol. The molecule has 0 saturated carbocycles. The maximum Gasteiger partial charge on any atom is 0.124 e. The number of halogens is 2. The predicted octanol–water partition coefficient (Wildman–Crippen LogP) is 2.64. The van der Waals surface area contributed by atoms with Crippen molar-refractivity contribution in [2.24, 2.45) is 5.73 Å². The molecule has 1 aromatic carbocycles. The summed E-state index contributed by atoms with van der Waals surface area (Å²) >= 11 is 5.96. The van der Waals surface area contributed by atoms with Crippen LogP contribution in [-0.4, -0.2) is 13.1 Å². The summed E-state index contributed by atoms with van der Waals surface area (Å²) in [4.78, 5) is 0.